The van der Waals surface area contributed by atoms with Crippen LogP contribution in [0.5, 0.6) is 5.75 Å². The van der Waals surface area contributed by atoms with Gasteiger partial charge in [-0.15, -0.1) is 0 Å². The van der Waals surface area contributed by atoms with Gasteiger partial charge in [-0.05, 0) is 24.6 Å². The van der Waals surface area contributed by atoms with Crippen molar-refractivity contribution >= 4 is 0 Å². The number of hydrogen-bond donors (Lipinski definition) is 6. The summed E-state index contributed by atoms with van der Waals surface area (Å²) in [6, 6.07) is 11.4. The van der Waals surface area contributed by atoms with Gasteiger partial charge in [0.1, 0.15) is 11.9 Å². The Hall–Kier alpha value is -2.25. The van der Waals surface area contributed by atoms with Gasteiger partial charge < -0.3 is 40.1 Å². The molecule has 1 heterocycles. The predicted molar refractivity (Wildman–Crippen MR) is 107 cm³/mol. The summed E-state index contributed by atoms with van der Waals surface area (Å²) in [7, 11) is 0. The summed E-state index contributed by atoms with van der Waals surface area (Å²) in [6.07, 6.45) is -5.42. The van der Waals surface area contributed by atoms with E-state index in [9.17, 15) is 39.4 Å². The lowest BCUT2D eigenvalue weighted by atomic mass is 9.67. The van der Waals surface area contributed by atoms with Crippen LogP contribution < -0.4 is 4.74 Å². The summed E-state index contributed by atoms with van der Waals surface area (Å²) < 4.78 is 50.5. The van der Waals surface area contributed by atoms with Crippen LogP contribution in [0.3, 0.4) is 0 Å². The summed E-state index contributed by atoms with van der Waals surface area (Å²) in [5, 5.41) is 64.4. The van der Waals surface area contributed by atoms with E-state index in [0.29, 0.717) is 0 Å². The number of ether oxygens (including phenoxy) is 2. The minimum Gasteiger partial charge on any atom is -0.435 e. The van der Waals surface area contributed by atoms with Gasteiger partial charge >= 0.3 is 6.61 Å². The molecule has 6 N–H and O–H groups in total. The number of halogens is 3. The number of benzene rings is 2. The van der Waals surface area contributed by atoms with Gasteiger partial charge in [0, 0.05) is 12.0 Å². The summed E-state index contributed by atoms with van der Waals surface area (Å²) >= 11 is 0. The molecule has 0 radical (unpaired) electrons. The van der Waals surface area contributed by atoms with Crippen molar-refractivity contribution in [2.45, 2.75) is 55.0 Å². The molecule has 2 aromatic carbocycles. The molecule has 8 nitrogen and oxygen atoms in total. The van der Waals surface area contributed by atoms with Crippen LogP contribution in [0.1, 0.15) is 18.1 Å². The van der Waals surface area contributed by atoms with E-state index in [1.54, 1.807) is 6.07 Å². The van der Waals surface area contributed by atoms with Gasteiger partial charge in [-0.1, -0.05) is 42.5 Å². The Bertz CT molecular complexity index is 942. The zero-order valence-corrected chi connectivity index (χ0v) is 17.5. The molecule has 0 unspecified atom stereocenters. The highest BCUT2D eigenvalue weighted by Gasteiger charge is 2.77. The molecule has 182 valence electrons. The van der Waals surface area contributed by atoms with E-state index in [1.807, 2.05) is 0 Å². The lowest BCUT2D eigenvalue weighted by molar-refractivity contribution is -0.481. The second-order valence-electron chi connectivity index (χ2n) is 8.04. The van der Waals surface area contributed by atoms with E-state index in [1.165, 1.54) is 36.4 Å². The first-order valence-electron chi connectivity index (χ1n) is 9.96. The molecular weight excluding hydrogens is 449 g/mol. The highest BCUT2D eigenvalue weighted by Crippen LogP contribution is 2.54. The predicted octanol–water partition coefficient (Wildman–Crippen LogP) is 0.568. The average Bonchev–Trinajstić information content (AvgIpc) is 2.77. The van der Waals surface area contributed by atoms with E-state index >= 15 is 4.39 Å². The van der Waals surface area contributed by atoms with Gasteiger partial charge in [-0.3, -0.25) is 0 Å². The van der Waals surface area contributed by atoms with E-state index in [2.05, 4.69) is 4.74 Å². The molecule has 3 rings (SSSR count). The molecule has 0 aromatic heterocycles. The van der Waals surface area contributed by atoms with Crippen molar-refractivity contribution in [3.63, 3.8) is 0 Å². The quantitative estimate of drug-likeness (QED) is 0.342. The maximum atomic E-state index is 15.9. The number of aliphatic hydroxyl groups is 6. The first-order chi connectivity index (χ1) is 15.3. The molecule has 0 amide bonds. The number of alkyl halides is 3. The van der Waals surface area contributed by atoms with Gasteiger partial charge in [0.05, 0.1) is 12.7 Å². The molecule has 33 heavy (non-hydrogen) atoms. The molecule has 2 aromatic rings. The average molecular weight is 474 g/mol. The first kappa shape index (κ1) is 25.4. The Morgan fingerprint density at radius 2 is 1.61 bits per heavy atom. The van der Waals surface area contributed by atoms with Crippen LogP contribution in [-0.2, 0) is 16.9 Å². The van der Waals surface area contributed by atoms with Gasteiger partial charge in [0.15, 0.2) is 11.2 Å². The Balaban J connectivity index is 2.15. The van der Waals surface area contributed by atoms with Crippen LogP contribution >= 0.6 is 0 Å². The lowest BCUT2D eigenvalue weighted by Crippen LogP contribution is -2.82. The molecule has 0 spiro atoms. The van der Waals surface area contributed by atoms with Crippen LogP contribution in [0.4, 0.5) is 13.2 Å². The SMILES string of the molecule is C[C@H](O)[C@@]1(CO)O[C@](O)(c2ccccc2)[C@@](O)(Cc2ccc(OC(F)F)cc2)[C@](O)(F)[C@@H]1O. The van der Waals surface area contributed by atoms with Crippen LogP contribution in [0.2, 0.25) is 0 Å². The fraction of sp³-hybridized carbons (Fsp3) is 0.455. The first-order valence-corrected chi connectivity index (χ1v) is 9.96. The number of aliphatic hydroxyl groups excluding tert-OH is 3. The van der Waals surface area contributed by atoms with Gasteiger partial charge in [-0.25, -0.2) is 4.39 Å². The topological polar surface area (TPSA) is 140 Å². The second-order valence-corrected chi connectivity index (χ2v) is 8.04. The Morgan fingerprint density at radius 3 is 2.09 bits per heavy atom. The fourth-order valence-corrected chi connectivity index (χ4v) is 4.06. The summed E-state index contributed by atoms with van der Waals surface area (Å²) in [6.45, 7) is -3.29. The van der Waals surface area contributed by atoms with Crippen LogP contribution in [0.15, 0.2) is 54.6 Å². The summed E-state index contributed by atoms with van der Waals surface area (Å²) in [4.78, 5) is 0. The lowest BCUT2D eigenvalue weighted by Gasteiger charge is -2.60. The standard InChI is InChI=1S/C22H25F3O8/c1-13(27)19(12-26)17(28)21(25,30)20(29,22(31,33-19)15-5-3-2-4-6-15)11-14-7-9-16(10-8-14)32-18(23)24/h2-10,13,17-18,26-31H,11-12H2,1H3/t13-,17+,19+,20+,21-,22+/m0/s1. The van der Waals surface area contributed by atoms with Gasteiger partial charge in [0.2, 0.25) is 5.79 Å². The Kier molecular flexibility index (Phi) is 6.80. The minimum absolute atomic E-state index is 0.0360. The maximum absolute atomic E-state index is 15.9. The number of hydrogen-bond acceptors (Lipinski definition) is 8. The van der Waals surface area contributed by atoms with Crippen LogP contribution in [0, 0.1) is 0 Å². The maximum Gasteiger partial charge on any atom is 0.387 e. The van der Waals surface area contributed by atoms with E-state index in [0.717, 1.165) is 19.1 Å². The largest absolute Gasteiger partial charge is 0.435 e. The molecular formula is C22H25F3O8. The molecule has 11 heteroatoms. The Morgan fingerprint density at radius 1 is 1.03 bits per heavy atom. The van der Waals surface area contributed by atoms with E-state index in [4.69, 9.17) is 4.74 Å². The second kappa shape index (κ2) is 8.84. The zero-order valence-electron chi connectivity index (χ0n) is 17.5. The van der Waals surface area contributed by atoms with Crippen molar-refractivity contribution in [2.24, 2.45) is 0 Å². The molecule has 1 aliphatic rings. The van der Waals surface area contributed by atoms with Crippen molar-refractivity contribution in [3.05, 3.63) is 65.7 Å². The monoisotopic (exact) mass is 474 g/mol. The fourth-order valence-electron chi connectivity index (χ4n) is 4.06. The molecule has 6 atom stereocenters. The van der Waals surface area contributed by atoms with Crippen molar-refractivity contribution < 1.29 is 53.3 Å². The van der Waals surface area contributed by atoms with Crippen molar-refractivity contribution in [1.29, 1.82) is 0 Å². The highest BCUT2D eigenvalue weighted by molar-refractivity contribution is 5.34. The van der Waals surface area contributed by atoms with Crippen molar-refractivity contribution in [1.82, 2.24) is 0 Å². The van der Waals surface area contributed by atoms with Gasteiger partial charge in [0.25, 0.3) is 5.85 Å². The Labute approximate surface area is 187 Å². The highest BCUT2D eigenvalue weighted by atomic mass is 19.3. The molecule has 1 aliphatic heterocycles. The zero-order chi connectivity index (χ0) is 24.7. The molecule has 0 aliphatic carbocycles. The third-order valence-corrected chi connectivity index (χ3v) is 6.03. The smallest absolute Gasteiger partial charge is 0.387 e. The van der Waals surface area contributed by atoms with Crippen molar-refractivity contribution in [2.75, 3.05) is 6.61 Å². The minimum atomic E-state index is -4.05. The number of rotatable bonds is 7. The molecule has 0 saturated carbocycles. The summed E-state index contributed by atoms with van der Waals surface area (Å²) in [5.74, 6) is -7.38. The van der Waals surface area contributed by atoms with Crippen LogP contribution in [-0.4, -0.2) is 73.1 Å². The summed E-state index contributed by atoms with van der Waals surface area (Å²) in [5.41, 5.74) is -6.16. The molecule has 0 bridgehead atoms. The van der Waals surface area contributed by atoms with Crippen LogP contribution in [0.25, 0.3) is 0 Å². The molecule has 1 fully saturated rings. The third-order valence-electron chi connectivity index (χ3n) is 6.03. The van der Waals surface area contributed by atoms with Crippen molar-refractivity contribution in [3.8, 4) is 5.75 Å². The third kappa shape index (κ3) is 3.99. The molecule has 1 saturated heterocycles. The normalized spacial score (nSPS) is 35.4. The van der Waals surface area contributed by atoms with Gasteiger partial charge in [-0.2, -0.15) is 8.78 Å². The van der Waals surface area contributed by atoms with E-state index < -0.39 is 54.7 Å². The van der Waals surface area contributed by atoms with E-state index in [-0.39, 0.29) is 16.9 Å².